The summed E-state index contributed by atoms with van der Waals surface area (Å²) in [6.45, 7) is 2.14. The number of hydrogen-bond donors (Lipinski definition) is 1. The first-order valence-electron chi connectivity index (χ1n) is 9.59. The Kier molecular flexibility index (Phi) is 6.37. The normalized spacial score (nSPS) is 10.8. The van der Waals surface area contributed by atoms with Crippen LogP contribution in [0.5, 0.6) is 0 Å². The SMILES string of the molecule is Cc1ccc(-c2noc(-c3cccnc3SCC(=O)NCc3ccccc3F)n2)cc1. The van der Waals surface area contributed by atoms with Crippen molar-refractivity contribution >= 4 is 17.7 Å². The Balaban J connectivity index is 1.42. The molecule has 0 aliphatic carbocycles. The molecule has 1 N–H and O–H groups in total. The van der Waals surface area contributed by atoms with E-state index in [1.165, 1.54) is 17.8 Å². The highest BCUT2D eigenvalue weighted by atomic mass is 32.2. The zero-order valence-corrected chi connectivity index (χ0v) is 17.5. The van der Waals surface area contributed by atoms with Crippen LogP contribution < -0.4 is 5.32 Å². The summed E-state index contributed by atoms with van der Waals surface area (Å²) in [6.07, 6.45) is 1.64. The Labute approximate surface area is 182 Å². The van der Waals surface area contributed by atoms with Gasteiger partial charge in [0.2, 0.25) is 11.7 Å². The maximum Gasteiger partial charge on any atom is 0.260 e. The van der Waals surface area contributed by atoms with E-state index in [9.17, 15) is 9.18 Å². The van der Waals surface area contributed by atoms with Crippen LogP contribution in [0.15, 0.2) is 76.4 Å². The molecule has 0 bridgehead atoms. The van der Waals surface area contributed by atoms with Gasteiger partial charge in [-0.1, -0.05) is 64.9 Å². The predicted molar refractivity (Wildman–Crippen MR) is 117 cm³/mol. The van der Waals surface area contributed by atoms with Crippen molar-refractivity contribution in [3.05, 3.63) is 83.8 Å². The van der Waals surface area contributed by atoms with Gasteiger partial charge in [0.05, 0.1) is 11.3 Å². The lowest BCUT2D eigenvalue weighted by Crippen LogP contribution is -2.25. The monoisotopic (exact) mass is 434 g/mol. The number of rotatable bonds is 7. The lowest BCUT2D eigenvalue weighted by molar-refractivity contribution is -0.118. The summed E-state index contributed by atoms with van der Waals surface area (Å²) in [5, 5.41) is 7.38. The Hall–Kier alpha value is -3.52. The third kappa shape index (κ3) is 5.16. The van der Waals surface area contributed by atoms with Gasteiger partial charge in [0.1, 0.15) is 10.8 Å². The number of halogens is 1. The van der Waals surface area contributed by atoms with Gasteiger partial charge in [-0.15, -0.1) is 0 Å². The standard InChI is InChI=1S/C23H19FN4O2S/c1-15-8-10-16(11-9-15)21-27-22(30-28-21)18-6-4-12-25-23(18)31-14-20(29)26-13-17-5-2-3-7-19(17)24/h2-12H,13-14H2,1H3,(H,26,29). The van der Waals surface area contributed by atoms with Gasteiger partial charge in [0.15, 0.2) is 0 Å². The number of nitrogens with zero attached hydrogens (tertiary/aromatic N) is 3. The fourth-order valence-electron chi connectivity index (χ4n) is 2.84. The van der Waals surface area contributed by atoms with Crippen molar-refractivity contribution in [1.29, 1.82) is 0 Å². The van der Waals surface area contributed by atoms with Gasteiger partial charge >= 0.3 is 0 Å². The van der Waals surface area contributed by atoms with Crippen molar-refractivity contribution in [3.8, 4) is 22.8 Å². The number of aryl methyl sites for hydroxylation is 1. The van der Waals surface area contributed by atoms with Crippen molar-refractivity contribution in [2.75, 3.05) is 5.75 Å². The summed E-state index contributed by atoms with van der Waals surface area (Å²) in [7, 11) is 0. The molecule has 0 spiro atoms. The second-order valence-electron chi connectivity index (χ2n) is 6.80. The van der Waals surface area contributed by atoms with E-state index in [0.717, 1.165) is 11.1 Å². The highest BCUT2D eigenvalue weighted by molar-refractivity contribution is 8.00. The van der Waals surface area contributed by atoms with Crippen molar-refractivity contribution in [3.63, 3.8) is 0 Å². The Morgan fingerprint density at radius 2 is 1.90 bits per heavy atom. The highest BCUT2D eigenvalue weighted by Gasteiger charge is 2.16. The Morgan fingerprint density at radius 3 is 2.71 bits per heavy atom. The fourth-order valence-corrected chi connectivity index (χ4v) is 3.66. The number of thioether (sulfide) groups is 1. The number of benzene rings is 2. The lowest BCUT2D eigenvalue weighted by atomic mass is 10.1. The zero-order valence-electron chi connectivity index (χ0n) is 16.7. The summed E-state index contributed by atoms with van der Waals surface area (Å²) in [5.41, 5.74) is 3.09. The van der Waals surface area contributed by atoms with Gasteiger partial charge in [-0.3, -0.25) is 4.79 Å². The first kappa shape index (κ1) is 20.7. The molecule has 0 aliphatic rings. The average molecular weight is 434 g/mol. The molecule has 6 nitrogen and oxygen atoms in total. The first-order chi connectivity index (χ1) is 15.1. The van der Waals surface area contributed by atoms with Crippen LogP contribution in [-0.4, -0.2) is 26.8 Å². The average Bonchev–Trinajstić information content (AvgIpc) is 3.28. The molecule has 0 saturated heterocycles. The number of carbonyl (C=O) groups excluding carboxylic acids is 1. The maximum atomic E-state index is 13.7. The lowest BCUT2D eigenvalue weighted by Gasteiger charge is -2.07. The highest BCUT2D eigenvalue weighted by Crippen LogP contribution is 2.29. The zero-order chi connectivity index (χ0) is 21.6. The van der Waals surface area contributed by atoms with Gasteiger partial charge in [0.25, 0.3) is 5.89 Å². The van der Waals surface area contributed by atoms with Crippen LogP contribution in [0.3, 0.4) is 0 Å². The summed E-state index contributed by atoms with van der Waals surface area (Å²) < 4.78 is 19.1. The van der Waals surface area contributed by atoms with E-state index < -0.39 is 0 Å². The van der Waals surface area contributed by atoms with Crippen molar-refractivity contribution in [2.45, 2.75) is 18.5 Å². The molecule has 0 fully saturated rings. The van der Waals surface area contributed by atoms with Gasteiger partial charge in [0, 0.05) is 23.9 Å². The van der Waals surface area contributed by atoms with Crippen LogP contribution in [0, 0.1) is 12.7 Å². The molecule has 8 heteroatoms. The van der Waals surface area contributed by atoms with Crippen molar-refractivity contribution in [1.82, 2.24) is 20.4 Å². The molecule has 4 rings (SSSR count). The van der Waals surface area contributed by atoms with Gasteiger partial charge in [-0.2, -0.15) is 4.98 Å². The van der Waals surface area contributed by atoms with E-state index in [-0.39, 0.29) is 24.0 Å². The molecule has 31 heavy (non-hydrogen) atoms. The largest absolute Gasteiger partial charge is 0.351 e. The number of amides is 1. The van der Waals surface area contributed by atoms with Crippen LogP contribution in [0.25, 0.3) is 22.8 Å². The smallest absolute Gasteiger partial charge is 0.260 e. The van der Waals surface area contributed by atoms with Crippen molar-refractivity contribution in [2.24, 2.45) is 0 Å². The van der Waals surface area contributed by atoms with Crippen LogP contribution in [0.1, 0.15) is 11.1 Å². The third-order valence-electron chi connectivity index (χ3n) is 4.51. The molecular weight excluding hydrogens is 415 g/mol. The summed E-state index contributed by atoms with van der Waals surface area (Å²) in [6, 6.07) is 17.8. The summed E-state index contributed by atoms with van der Waals surface area (Å²) >= 11 is 1.25. The minimum atomic E-state index is -0.344. The van der Waals surface area contributed by atoms with Crippen LogP contribution in [-0.2, 0) is 11.3 Å². The van der Waals surface area contributed by atoms with E-state index in [0.29, 0.717) is 27.9 Å². The molecule has 2 aromatic heterocycles. The molecular formula is C23H19FN4O2S. The van der Waals surface area contributed by atoms with E-state index in [2.05, 4.69) is 20.4 Å². The Bertz CT molecular complexity index is 1190. The summed E-state index contributed by atoms with van der Waals surface area (Å²) in [5.74, 6) is 0.367. The first-order valence-corrected chi connectivity index (χ1v) is 10.6. The molecule has 0 saturated carbocycles. The van der Waals surface area contributed by atoms with E-state index >= 15 is 0 Å². The van der Waals surface area contributed by atoms with Gasteiger partial charge < -0.3 is 9.84 Å². The van der Waals surface area contributed by atoms with Gasteiger partial charge in [-0.25, -0.2) is 9.37 Å². The minimum absolute atomic E-state index is 0.122. The second kappa shape index (κ2) is 9.53. The fraction of sp³-hybridized carbons (Fsp3) is 0.130. The van der Waals surface area contributed by atoms with Crippen LogP contribution in [0.2, 0.25) is 0 Å². The van der Waals surface area contributed by atoms with E-state index in [1.807, 2.05) is 37.3 Å². The Morgan fingerprint density at radius 1 is 1.10 bits per heavy atom. The molecule has 0 aliphatic heterocycles. The topological polar surface area (TPSA) is 80.9 Å². The van der Waals surface area contributed by atoms with Crippen LogP contribution >= 0.6 is 11.8 Å². The van der Waals surface area contributed by atoms with E-state index in [4.69, 9.17) is 4.52 Å². The summed E-state index contributed by atoms with van der Waals surface area (Å²) in [4.78, 5) is 21.1. The minimum Gasteiger partial charge on any atom is -0.351 e. The number of nitrogens with one attached hydrogen (secondary N) is 1. The van der Waals surface area contributed by atoms with E-state index in [1.54, 1.807) is 30.5 Å². The molecule has 2 aromatic carbocycles. The number of aromatic nitrogens is 3. The molecule has 0 atom stereocenters. The number of hydrogen-bond acceptors (Lipinski definition) is 6. The third-order valence-corrected chi connectivity index (χ3v) is 5.52. The quantitative estimate of drug-likeness (QED) is 0.426. The maximum absolute atomic E-state index is 13.7. The second-order valence-corrected chi connectivity index (χ2v) is 7.77. The van der Waals surface area contributed by atoms with Crippen LogP contribution in [0.4, 0.5) is 4.39 Å². The molecule has 0 radical (unpaired) electrons. The molecule has 0 unspecified atom stereocenters. The molecule has 2 heterocycles. The molecule has 156 valence electrons. The predicted octanol–water partition coefficient (Wildman–Crippen LogP) is 4.65. The molecule has 4 aromatic rings. The number of carbonyl (C=O) groups is 1. The number of pyridine rings is 1. The van der Waals surface area contributed by atoms with Crippen molar-refractivity contribution < 1.29 is 13.7 Å². The van der Waals surface area contributed by atoms with Gasteiger partial charge in [-0.05, 0) is 25.1 Å². The molecule has 1 amide bonds.